The van der Waals surface area contributed by atoms with Gasteiger partial charge in [0.05, 0.1) is 0 Å². The van der Waals surface area contributed by atoms with Crippen molar-refractivity contribution in [3.8, 4) is 0 Å². The quantitative estimate of drug-likeness (QED) is 0.893. The van der Waals surface area contributed by atoms with E-state index in [2.05, 4.69) is 53.4 Å². The third-order valence-corrected chi connectivity index (χ3v) is 2.74. The number of benzene rings is 1. The molecule has 1 N–H and O–H groups in total. The molecule has 2 aromatic rings. The summed E-state index contributed by atoms with van der Waals surface area (Å²) in [5.41, 5.74) is 3.52. The lowest BCUT2D eigenvalue weighted by Gasteiger charge is -2.07. The Kier molecular flexibility index (Phi) is 3.92. The highest BCUT2D eigenvalue weighted by Crippen LogP contribution is 2.11. The Morgan fingerprint density at radius 1 is 1.06 bits per heavy atom. The molecule has 2 rings (SSSR count). The van der Waals surface area contributed by atoms with Gasteiger partial charge in [0, 0.05) is 24.7 Å². The molecule has 0 saturated carbocycles. The van der Waals surface area contributed by atoms with Gasteiger partial charge in [-0.3, -0.25) is 0 Å². The normalized spacial score (nSPS) is 10.4. The van der Waals surface area contributed by atoms with Gasteiger partial charge in [0.15, 0.2) is 0 Å². The molecule has 0 unspecified atom stereocenters. The van der Waals surface area contributed by atoms with Crippen LogP contribution in [-0.2, 0) is 6.42 Å². The molecule has 0 saturated heterocycles. The van der Waals surface area contributed by atoms with Crippen LogP contribution in [0.15, 0.2) is 30.3 Å². The van der Waals surface area contributed by atoms with Crippen molar-refractivity contribution in [1.82, 2.24) is 9.97 Å². The van der Waals surface area contributed by atoms with Gasteiger partial charge < -0.3 is 5.32 Å². The lowest BCUT2D eigenvalue weighted by Crippen LogP contribution is -2.05. The Balaban J connectivity index is 2.20. The standard InChI is InChI=1S/C15H19N3/c1-4-16-14-9-12(3)17-15(18-14)10-13-7-5-11(2)6-8-13/h5-9H,4,10H2,1-3H3,(H,16,17,18). The highest BCUT2D eigenvalue weighted by atomic mass is 15.0. The van der Waals surface area contributed by atoms with Crippen LogP contribution in [0, 0.1) is 13.8 Å². The van der Waals surface area contributed by atoms with E-state index in [0.717, 1.165) is 30.3 Å². The number of anilines is 1. The first-order valence-electron chi connectivity index (χ1n) is 6.31. The minimum absolute atomic E-state index is 0.778. The first-order valence-corrected chi connectivity index (χ1v) is 6.31. The monoisotopic (exact) mass is 241 g/mol. The Bertz CT molecular complexity index is 518. The first-order chi connectivity index (χ1) is 8.67. The van der Waals surface area contributed by atoms with E-state index in [4.69, 9.17) is 0 Å². The number of nitrogens with zero attached hydrogens (tertiary/aromatic N) is 2. The zero-order chi connectivity index (χ0) is 13.0. The molecule has 0 aliphatic heterocycles. The van der Waals surface area contributed by atoms with E-state index in [1.807, 2.05) is 13.0 Å². The van der Waals surface area contributed by atoms with Crippen LogP contribution in [-0.4, -0.2) is 16.5 Å². The summed E-state index contributed by atoms with van der Waals surface area (Å²) in [6, 6.07) is 10.5. The van der Waals surface area contributed by atoms with Crippen molar-refractivity contribution in [2.75, 3.05) is 11.9 Å². The summed E-state index contributed by atoms with van der Waals surface area (Å²) >= 11 is 0. The van der Waals surface area contributed by atoms with Gasteiger partial charge in [-0.05, 0) is 26.3 Å². The van der Waals surface area contributed by atoms with Gasteiger partial charge in [-0.2, -0.15) is 0 Å². The average Bonchev–Trinajstić information content (AvgIpc) is 2.32. The fourth-order valence-corrected chi connectivity index (χ4v) is 1.87. The SMILES string of the molecule is CCNc1cc(C)nc(Cc2ccc(C)cc2)n1. The second-order valence-corrected chi connectivity index (χ2v) is 4.50. The van der Waals surface area contributed by atoms with E-state index < -0.39 is 0 Å². The minimum atomic E-state index is 0.778. The highest BCUT2D eigenvalue weighted by Gasteiger charge is 2.03. The molecule has 0 aliphatic rings. The minimum Gasteiger partial charge on any atom is -0.370 e. The van der Waals surface area contributed by atoms with Crippen LogP contribution in [0.4, 0.5) is 5.82 Å². The van der Waals surface area contributed by atoms with Crippen molar-refractivity contribution in [1.29, 1.82) is 0 Å². The van der Waals surface area contributed by atoms with Crippen LogP contribution in [0.25, 0.3) is 0 Å². The smallest absolute Gasteiger partial charge is 0.135 e. The second-order valence-electron chi connectivity index (χ2n) is 4.50. The van der Waals surface area contributed by atoms with E-state index >= 15 is 0 Å². The van der Waals surface area contributed by atoms with Crippen LogP contribution in [0.5, 0.6) is 0 Å². The molecule has 1 aromatic heterocycles. The molecule has 0 atom stereocenters. The fraction of sp³-hybridized carbons (Fsp3) is 0.333. The number of aryl methyl sites for hydroxylation is 2. The Hall–Kier alpha value is -1.90. The maximum atomic E-state index is 4.52. The summed E-state index contributed by atoms with van der Waals surface area (Å²) in [6.07, 6.45) is 0.778. The van der Waals surface area contributed by atoms with E-state index in [0.29, 0.717) is 0 Å². The molecular weight excluding hydrogens is 222 g/mol. The number of hydrogen-bond donors (Lipinski definition) is 1. The van der Waals surface area contributed by atoms with Gasteiger partial charge in [-0.1, -0.05) is 29.8 Å². The van der Waals surface area contributed by atoms with Gasteiger partial charge >= 0.3 is 0 Å². The summed E-state index contributed by atoms with van der Waals surface area (Å²) in [6.45, 7) is 7.04. The molecule has 0 amide bonds. The molecule has 3 nitrogen and oxygen atoms in total. The molecule has 1 heterocycles. The molecule has 1 aromatic carbocycles. The first kappa shape index (κ1) is 12.6. The van der Waals surface area contributed by atoms with Crippen molar-refractivity contribution in [3.63, 3.8) is 0 Å². The van der Waals surface area contributed by atoms with Crippen molar-refractivity contribution in [2.45, 2.75) is 27.2 Å². The highest BCUT2D eigenvalue weighted by molar-refractivity contribution is 5.36. The van der Waals surface area contributed by atoms with Gasteiger partial charge in [-0.25, -0.2) is 9.97 Å². The summed E-state index contributed by atoms with van der Waals surface area (Å²) in [7, 11) is 0. The molecule has 0 spiro atoms. The Morgan fingerprint density at radius 3 is 2.44 bits per heavy atom. The van der Waals surface area contributed by atoms with Crippen molar-refractivity contribution < 1.29 is 0 Å². The van der Waals surface area contributed by atoms with Gasteiger partial charge in [0.25, 0.3) is 0 Å². The molecule has 0 aliphatic carbocycles. The topological polar surface area (TPSA) is 37.8 Å². The van der Waals surface area contributed by atoms with Crippen LogP contribution in [0.3, 0.4) is 0 Å². The lowest BCUT2D eigenvalue weighted by atomic mass is 10.1. The Morgan fingerprint density at radius 2 is 1.78 bits per heavy atom. The lowest BCUT2D eigenvalue weighted by molar-refractivity contribution is 0.938. The molecule has 0 fully saturated rings. The van der Waals surface area contributed by atoms with Crippen LogP contribution in [0.2, 0.25) is 0 Å². The van der Waals surface area contributed by atoms with Crippen molar-refractivity contribution in [2.24, 2.45) is 0 Å². The third kappa shape index (κ3) is 3.29. The molecule has 0 bridgehead atoms. The number of aromatic nitrogens is 2. The molecular formula is C15H19N3. The maximum Gasteiger partial charge on any atom is 0.135 e. The van der Waals surface area contributed by atoms with Crippen LogP contribution in [0.1, 0.15) is 29.6 Å². The summed E-state index contributed by atoms with van der Waals surface area (Å²) in [4.78, 5) is 9.00. The summed E-state index contributed by atoms with van der Waals surface area (Å²) < 4.78 is 0. The average molecular weight is 241 g/mol. The number of hydrogen-bond acceptors (Lipinski definition) is 3. The second kappa shape index (κ2) is 5.63. The van der Waals surface area contributed by atoms with Crippen molar-refractivity contribution in [3.05, 3.63) is 53.0 Å². The van der Waals surface area contributed by atoms with Crippen LogP contribution >= 0.6 is 0 Å². The largest absolute Gasteiger partial charge is 0.370 e. The summed E-state index contributed by atoms with van der Waals surface area (Å²) in [5, 5.41) is 3.23. The predicted molar refractivity (Wildman–Crippen MR) is 74.9 cm³/mol. The molecule has 18 heavy (non-hydrogen) atoms. The zero-order valence-corrected chi connectivity index (χ0v) is 11.2. The molecule has 0 radical (unpaired) electrons. The molecule has 94 valence electrons. The van der Waals surface area contributed by atoms with Crippen LogP contribution < -0.4 is 5.32 Å². The Labute approximate surface area is 108 Å². The number of rotatable bonds is 4. The maximum absolute atomic E-state index is 4.52. The van der Waals surface area contributed by atoms with Crippen molar-refractivity contribution >= 4 is 5.82 Å². The fourth-order valence-electron chi connectivity index (χ4n) is 1.87. The van der Waals surface area contributed by atoms with E-state index in [1.54, 1.807) is 0 Å². The molecule has 3 heteroatoms. The van der Waals surface area contributed by atoms with Gasteiger partial charge in [-0.15, -0.1) is 0 Å². The predicted octanol–water partition coefficient (Wildman–Crippen LogP) is 3.12. The summed E-state index contributed by atoms with van der Waals surface area (Å²) in [5.74, 6) is 1.78. The van der Waals surface area contributed by atoms with E-state index in [1.165, 1.54) is 11.1 Å². The van der Waals surface area contributed by atoms with Gasteiger partial charge in [0.2, 0.25) is 0 Å². The van der Waals surface area contributed by atoms with E-state index in [-0.39, 0.29) is 0 Å². The number of nitrogens with one attached hydrogen (secondary N) is 1. The van der Waals surface area contributed by atoms with Gasteiger partial charge in [0.1, 0.15) is 11.6 Å². The third-order valence-electron chi connectivity index (χ3n) is 2.74. The zero-order valence-electron chi connectivity index (χ0n) is 11.2. The van der Waals surface area contributed by atoms with E-state index in [9.17, 15) is 0 Å².